The Balaban J connectivity index is 2.64. The lowest BCUT2D eigenvalue weighted by Crippen LogP contribution is -2.18. The molecule has 134 valence electrons. The smallest absolute Gasteiger partial charge is 0.339 e. The monoisotopic (exact) mass is 334 g/mol. The number of hydrogen-bond acceptors (Lipinski definition) is 4. The van der Waals surface area contributed by atoms with E-state index in [1.54, 1.807) is 38.1 Å². The molecule has 1 rings (SSSR count). The van der Waals surface area contributed by atoms with E-state index < -0.39 is 11.9 Å². The summed E-state index contributed by atoms with van der Waals surface area (Å²) in [5, 5.41) is 0. The molecule has 0 amide bonds. The molecule has 0 heterocycles. The van der Waals surface area contributed by atoms with Crippen LogP contribution in [0.3, 0.4) is 0 Å². The largest absolute Gasteiger partial charge is 0.462 e. The van der Waals surface area contributed by atoms with Crippen LogP contribution in [0.5, 0.6) is 0 Å². The van der Waals surface area contributed by atoms with Crippen molar-refractivity contribution < 1.29 is 19.1 Å². The van der Waals surface area contributed by atoms with Crippen LogP contribution in [0.15, 0.2) is 24.3 Å². The summed E-state index contributed by atoms with van der Waals surface area (Å²) in [4.78, 5) is 24.4. The second-order valence-corrected chi connectivity index (χ2v) is 7.79. The molecule has 0 aliphatic carbocycles. The van der Waals surface area contributed by atoms with E-state index in [1.807, 2.05) is 0 Å². The molecular formula is C20H30O4. The molecular weight excluding hydrogens is 304 g/mol. The van der Waals surface area contributed by atoms with Gasteiger partial charge in [0.15, 0.2) is 0 Å². The number of carbonyl (C=O) groups is 2. The number of rotatable bonds is 7. The third-order valence-corrected chi connectivity index (χ3v) is 3.51. The Bertz CT molecular complexity index is 555. The van der Waals surface area contributed by atoms with Crippen LogP contribution in [-0.2, 0) is 9.47 Å². The summed E-state index contributed by atoms with van der Waals surface area (Å²) in [6.45, 7) is 12.7. The van der Waals surface area contributed by atoms with Gasteiger partial charge in [0.25, 0.3) is 0 Å². The van der Waals surface area contributed by atoms with Crippen LogP contribution in [0, 0.1) is 11.3 Å². The Kier molecular flexibility index (Phi) is 7.46. The van der Waals surface area contributed by atoms with Crippen molar-refractivity contribution in [2.45, 2.75) is 60.5 Å². The Morgan fingerprint density at radius 3 is 2.04 bits per heavy atom. The second kappa shape index (κ2) is 8.86. The highest BCUT2D eigenvalue weighted by Crippen LogP contribution is 2.26. The maximum atomic E-state index is 12.3. The van der Waals surface area contributed by atoms with Gasteiger partial charge in [0.1, 0.15) is 0 Å². The average Bonchev–Trinajstić information content (AvgIpc) is 2.44. The van der Waals surface area contributed by atoms with Gasteiger partial charge in [-0.2, -0.15) is 0 Å². The molecule has 0 fully saturated rings. The van der Waals surface area contributed by atoms with E-state index in [0.29, 0.717) is 12.5 Å². The van der Waals surface area contributed by atoms with Gasteiger partial charge in [0.2, 0.25) is 0 Å². The first-order chi connectivity index (χ1) is 11.1. The molecule has 1 atom stereocenters. The van der Waals surface area contributed by atoms with Crippen LogP contribution >= 0.6 is 0 Å². The van der Waals surface area contributed by atoms with Gasteiger partial charge in [-0.25, -0.2) is 9.59 Å². The van der Waals surface area contributed by atoms with E-state index in [0.717, 1.165) is 12.8 Å². The normalized spacial score (nSPS) is 12.8. The zero-order chi connectivity index (χ0) is 18.3. The lowest BCUT2D eigenvalue weighted by atomic mass is 9.84. The Hall–Kier alpha value is -1.84. The summed E-state index contributed by atoms with van der Waals surface area (Å²) in [7, 11) is 0. The summed E-state index contributed by atoms with van der Waals surface area (Å²) >= 11 is 0. The molecule has 24 heavy (non-hydrogen) atoms. The molecule has 0 aliphatic rings. The fourth-order valence-corrected chi connectivity index (χ4v) is 2.69. The van der Waals surface area contributed by atoms with Crippen LogP contribution in [0.25, 0.3) is 0 Å². The standard InChI is InChI=1S/C20H30O4/c1-14(2)24-19(22)17-10-8-7-9-16(17)18(21)23-12-11-15(3)13-20(4,5)6/h7-10,14-15H,11-13H2,1-6H3. The molecule has 1 unspecified atom stereocenters. The number of ether oxygens (including phenoxy) is 2. The molecule has 4 nitrogen and oxygen atoms in total. The predicted octanol–water partition coefficient (Wildman–Crippen LogP) is 4.87. The minimum atomic E-state index is -0.501. The van der Waals surface area contributed by atoms with Gasteiger partial charge < -0.3 is 9.47 Å². The van der Waals surface area contributed by atoms with Crippen molar-refractivity contribution in [2.24, 2.45) is 11.3 Å². The third kappa shape index (κ3) is 7.16. The Morgan fingerprint density at radius 2 is 1.54 bits per heavy atom. The predicted molar refractivity (Wildman–Crippen MR) is 95.1 cm³/mol. The molecule has 0 saturated carbocycles. The first-order valence-corrected chi connectivity index (χ1v) is 8.57. The fraction of sp³-hybridized carbons (Fsp3) is 0.600. The molecule has 0 N–H and O–H groups in total. The minimum Gasteiger partial charge on any atom is -0.462 e. The summed E-state index contributed by atoms with van der Waals surface area (Å²) in [6, 6.07) is 6.60. The number of esters is 2. The van der Waals surface area contributed by atoms with Gasteiger partial charge in [-0.15, -0.1) is 0 Å². The summed E-state index contributed by atoms with van der Waals surface area (Å²) in [5.74, 6) is -0.508. The van der Waals surface area contributed by atoms with Crippen molar-refractivity contribution in [1.29, 1.82) is 0 Å². The lowest BCUT2D eigenvalue weighted by molar-refractivity contribution is 0.0358. The summed E-state index contributed by atoms with van der Waals surface area (Å²) < 4.78 is 10.5. The highest BCUT2D eigenvalue weighted by Gasteiger charge is 2.20. The van der Waals surface area contributed by atoms with Gasteiger partial charge >= 0.3 is 11.9 Å². The molecule has 1 aromatic carbocycles. The number of carbonyl (C=O) groups excluding carboxylic acids is 2. The molecule has 0 aliphatic heterocycles. The molecule has 0 bridgehead atoms. The van der Waals surface area contributed by atoms with Crippen molar-refractivity contribution in [3.63, 3.8) is 0 Å². The third-order valence-electron chi connectivity index (χ3n) is 3.51. The molecule has 0 spiro atoms. The van der Waals surface area contributed by atoms with Crippen LogP contribution in [0.2, 0.25) is 0 Å². The minimum absolute atomic E-state index is 0.236. The van der Waals surface area contributed by atoms with Crippen molar-refractivity contribution in [1.82, 2.24) is 0 Å². The van der Waals surface area contributed by atoms with Crippen molar-refractivity contribution in [3.05, 3.63) is 35.4 Å². The summed E-state index contributed by atoms with van der Waals surface area (Å²) in [6.07, 6.45) is 1.64. The molecule has 0 radical (unpaired) electrons. The van der Waals surface area contributed by atoms with Gasteiger partial charge in [0.05, 0.1) is 23.8 Å². The fourth-order valence-electron chi connectivity index (χ4n) is 2.69. The highest BCUT2D eigenvalue weighted by atomic mass is 16.5. The maximum absolute atomic E-state index is 12.3. The first kappa shape index (κ1) is 20.2. The SMILES string of the molecule is CC(CCOC(=O)c1ccccc1C(=O)OC(C)C)CC(C)(C)C. The van der Waals surface area contributed by atoms with E-state index in [1.165, 1.54) is 0 Å². The van der Waals surface area contributed by atoms with Gasteiger partial charge in [-0.3, -0.25) is 0 Å². The molecule has 1 aromatic rings. The molecule has 0 saturated heterocycles. The second-order valence-electron chi connectivity index (χ2n) is 7.79. The van der Waals surface area contributed by atoms with Crippen molar-refractivity contribution in [2.75, 3.05) is 6.61 Å². The lowest BCUT2D eigenvalue weighted by Gasteiger charge is -2.23. The van der Waals surface area contributed by atoms with Crippen LogP contribution in [0.1, 0.15) is 75.1 Å². The number of benzene rings is 1. The molecule has 0 aromatic heterocycles. The van der Waals surface area contributed by atoms with E-state index in [9.17, 15) is 9.59 Å². The highest BCUT2D eigenvalue weighted by molar-refractivity contribution is 6.03. The van der Waals surface area contributed by atoms with Gasteiger partial charge in [-0.1, -0.05) is 39.8 Å². The van der Waals surface area contributed by atoms with Crippen LogP contribution < -0.4 is 0 Å². The Labute approximate surface area is 145 Å². The zero-order valence-electron chi connectivity index (χ0n) is 15.7. The van der Waals surface area contributed by atoms with E-state index in [4.69, 9.17) is 9.47 Å². The Morgan fingerprint density at radius 1 is 1.00 bits per heavy atom. The quantitative estimate of drug-likeness (QED) is 0.667. The van der Waals surface area contributed by atoms with E-state index in [2.05, 4.69) is 27.7 Å². The van der Waals surface area contributed by atoms with Gasteiger partial charge in [-0.05, 0) is 50.2 Å². The van der Waals surface area contributed by atoms with Crippen molar-refractivity contribution >= 4 is 11.9 Å². The molecule has 4 heteroatoms. The maximum Gasteiger partial charge on any atom is 0.339 e. The van der Waals surface area contributed by atoms with E-state index in [-0.39, 0.29) is 22.6 Å². The number of hydrogen-bond donors (Lipinski definition) is 0. The first-order valence-electron chi connectivity index (χ1n) is 8.57. The van der Waals surface area contributed by atoms with Crippen LogP contribution in [-0.4, -0.2) is 24.6 Å². The summed E-state index contributed by atoms with van der Waals surface area (Å²) in [5.41, 5.74) is 0.766. The van der Waals surface area contributed by atoms with Crippen LogP contribution in [0.4, 0.5) is 0 Å². The van der Waals surface area contributed by atoms with E-state index >= 15 is 0 Å². The van der Waals surface area contributed by atoms with Gasteiger partial charge in [0, 0.05) is 0 Å². The van der Waals surface area contributed by atoms with Crippen molar-refractivity contribution in [3.8, 4) is 0 Å². The zero-order valence-corrected chi connectivity index (χ0v) is 15.7. The topological polar surface area (TPSA) is 52.6 Å². The average molecular weight is 334 g/mol.